The van der Waals surface area contributed by atoms with Crippen LogP contribution in [0, 0.1) is 0 Å². The first-order valence-corrected chi connectivity index (χ1v) is 8.14. The average Bonchev–Trinajstić information content (AvgIpc) is 2.64. The highest BCUT2D eigenvalue weighted by Gasteiger charge is 2.56. The molecule has 0 aromatic heterocycles. The van der Waals surface area contributed by atoms with Crippen LogP contribution in [0.5, 0.6) is 0 Å². The first kappa shape index (κ1) is 12.3. The second-order valence-corrected chi connectivity index (χ2v) is 8.09. The molecule has 5 heteroatoms. The van der Waals surface area contributed by atoms with Crippen molar-refractivity contribution in [2.75, 3.05) is 7.11 Å². The van der Waals surface area contributed by atoms with Crippen LogP contribution >= 0.6 is 0 Å². The molecule has 3 nitrogen and oxygen atoms in total. The van der Waals surface area contributed by atoms with Gasteiger partial charge in [0.2, 0.25) is 0 Å². The van der Waals surface area contributed by atoms with Crippen LogP contribution in [0.3, 0.4) is 0 Å². The molecule has 1 aliphatic heterocycles. The summed E-state index contributed by atoms with van der Waals surface area (Å²) in [6, 6.07) is 7.30. The van der Waals surface area contributed by atoms with Gasteiger partial charge in [-0.05, 0) is 25.0 Å². The van der Waals surface area contributed by atoms with Crippen molar-refractivity contribution in [3.05, 3.63) is 36.4 Å². The standard InChI is InChI=1S/C13H14O3S2/c1-16-12-8-4-5-9-13(12)17(14)10-6-2-3-7-11(10)18(13)15/h2-4,6-8,12H,5,9H2,1H3/t12-,17+,18+/m1/s1. The maximum absolute atomic E-state index is 12.8. The van der Waals surface area contributed by atoms with E-state index in [-0.39, 0.29) is 6.10 Å². The van der Waals surface area contributed by atoms with Gasteiger partial charge in [-0.3, -0.25) is 8.42 Å². The third-order valence-electron chi connectivity index (χ3n) is 3.53. The zero-order valence-corrected chi connectivity index (χ0v) is 11.6. The number of methoxy groups -OCH3 is 1. The highest BCUT2D eigenvalue weighted by atomic mass is 32.2. The largest absolute Gasteiger partial charge is 0.375 e. The molecule has 2 aliphatic rings. The molecule has 0 unspecified atom stereocenters. The fraction of sp³-hybridized carbons (Fsp3) is 0.385. The molecule has 0 bridgehead atoms. The number of rotatable bonds is 1. The zero-order chi connectivity index (χ0) is 12.8. The molecule has 0 N–H and O–H groups in total. The van der Waals surface area contributed by atoms with Crippen LogP contribution in [-0.2, 0) is 26.3 Å². The number of benzene rings is 1. The fourth-order valence-electron chi connectivity index (χ4n) is 2.65. The monoisotopic (exact) mass is 282 g/mol. The number of fused-ring (bicyclic) bond motifs is 1. The summed E-state index contributed by atoms with van der Waals surface area (Å²) in [6.07, 6.45) is 4.99. The van der Waals surface area contributed by atoms with Gasteiger partial charge in [0.1, 0.15) is 6.10 Å². The maximum atomic E-state index is 12.8. The summed E-state index contributed by atoms with van der Waals surface area (Å²) < 4.78 is 30.1. The van der Waals surface area contributed by atoms with E-state index < -0.39 is 25.7 Å². The Kier molecular flexibility index (Phi) is 3.00. The van der Waals surface area contributed by atoms with Gasteiger partial charge in [-0.25, -0.2) is 0 Å². The van der Waals surface area contributed by atoms with Crippen molar-refractivity contribution < 1.29 is 13.2 Å². The second-order valence-electron chi connectivity index (χ2n) is 4.42. The fourth-order valence-corrected chi connectivity index (χ4v) is 7.22. The van der Waals surface area contributed by atoms with Gasteiger partial charge in [-0.2, -0.15) is 0 Å². The van der Waals surface area contributed by atoms with Crippen molar-refractivity contribution in [1.82, 2.24) is 0 Å². The van der Waals surface area contributed by atoms with Crippen molar-refractivity contribution in [3.63, 3.8) is 0 Å². The van der Waals surface area contributed by atoms with Crippen molar-refractivity contribution in [3.8, 4) is 0 Å². The van der Waals surface area contributed by atoms with Crippen molar-refractivity contribution in [1.29, 1.82) is 0 Å². The van der Waals surface area contributed by atoms with Gasteiger partial charge in [0.05, 0.1) is 31.4 Å². The zero-order valence-electron chi connectivity index (χ0n) is 10.00. The minimum Gasteiger partial charge on any atom is -0.375 e. The molecule has 3 atom stereocenters. The number of hydrogen-bond acceptors (Lipinski definition) is 3. The van der Waals surface area contributed by atoms with Crippen LogP contribution < -0.4 is 0 Å². The Balaban J connectivity index is 2.19. The summed E-state index contributed by atoms with van der Waals surface area (Å²) in [6.45, 7) is 0. The van der Waals surface area contributed by atoms with Gasteiger partial charge in [0.25, 0.3) is 0 Å². The molecule has 1 aromatic rings. The Hall–Kier alpha value is -0.780. The lowest BCUT2D eigenvalue weighted by atomic mass is 10.0. The van der Waals surface area contributed by atoms with Crippen molar-refractivity contribution in [2.24, 2.45) is 0 Å². The molecule has 18 heavy (non-hydrogen) atoms. The second kappa shape index (κ2) is 4.40. The van der Waals surface area contributed by atoms with E-state index in [1.54, 1.807) is 7.11 Å². The molecule has 0 radical (unpaired) electrons. The normalized spacial score (nSPS) is 32.6. The number of ether oxygens (including phenoxy) is 1. The van der Waals surface area contributed by atoms with Crippen LogP contribution in [0.1, 0.15) is 12.8 Å². The highest BCUT2D eigenvalue weighted by molar-refractivity contribution is 8.07. The molecule has 3 rings (SSSR count). The molecule has 0 saturated heterocycles. The molecule has 1 spiro atoms. The summed E-state index contributed by atoms with van der Waals surface area (Å²) >= 11 is 0. The summed E-state index contributed by atoms with van der Waals surface area (Å²) in [5, 5.41) is 0. The Morgan fingerprint density at radius 2 is 1.83 bits per heavy atom. The van der Waals surface area contributed by atoms with Gasteiger partial charge >= 0.3 is 0 Å². The number of hydrogen-bond donors (Lipinski definition) is 0. The molecule has 0 amide bonds. The Morgan fingerprint density at radius 3 is 2.39 bits per heavy atom. The van der Waals surface area contributed by atoms with E-state index in [1.165, 1.54) is 0 Å². The minimum atomic E-state index is -1.28. The quantitative estimate of drug-likeness (QED) is 0.740. The van der Waals surface area contributed by atoms with E-state index in [2.05, 4.69) is 0 Å². The van der Waals surface area contributed by atoms with Crippen LogP contribution in [0.15, 0.2) is 46.2 Å². The Morgan fingerprint density at radius 1 is 1.22 bits per heavy atom. The summed E-state index contributed by atoms with van der Waals surface area (Å²) in [5.74, 6) is 0. The third-order valence-corrected chi connectivity index (χ3v) is 8.21. The Bertz CT molecular complexity index is 530. The van der Waals surface area contributed by atoms with E-state index >= 15 is 0 Å². The summed E-state index contributed by atoms with van der Waals surface area (Å²) in [7, 11) is -0.976. The van der Waals surface area contributed by atoms with Crippen LogP contribution in [0.2, 0.25) is 0 Å². The van der Waals surface area contributed by atoms with Gasteiger partial charge in [-0.15, -0.1) is 0 Å². The maximum Gasteiger partial charge on any atom is 0.160 e. The van der Waals surface area contributed by atoms with Crippen LogP contribution in [-0.4, -0.2) is 25.7 Å². The molecular formula is C13H14O3S2. The summed E-state index contributed by atoms with van der Waals surface area (Å²) in [4.78, 5) is 1.40. The van der Waals surface area contributed by atoms with Crippen LogP contribution in [0.4, 0.5) is 0 Å². The van der Waals surface area contributed by atoms with Crippen molar-refractivity contribution >= 4 is 21.6 Å². The van der Waals surface area contributed by atoms with E-state index in [9.17, 15) is 8.42 Å². The smallest absolute Gasteiger partial charge is 0.160 e. The highest BCUT2D eigenvalue weighted by Crippen LogP contribution is 2.47. The molecule has 0 saturated carbocycles. The molecule has 96 valence electrons. The van der Waals surface area contributed by atoms with Gasteiger partial charge < -0.3 is 4.74 Å². The first-order valence-electron chi connectivity index (χ1n) is 5.84. The predicted octanol–water partition coefficient (Wildman–Crippen LogP) is 1.98. The molecule has 1 aromatic carbocycles. The van der Waals surface area contributed by atoms with Gasteiger partial charge in [0.15, 0.2) is 4.08 Å². The van der Waals surface area contributed by atoms with E-state index in [0.29, 0.717) is 16.2 Å². The topological polar surface area (TPSA) is 43.4 Å². The molecule has 1 aliphatic carbocycles. The molecule has 1 heterocycles. The van der Waals surface area contributed by atoms with E-state index in [4.69, 9.17) is 4.74 Å². The predicted molar refractivity (Wildman–Crippen MR) is 71.2 cm³/mol. The van der Waals surface area contributed by atoms with Crippen LogP contribution in [0.25, 0.3) is 0 Å². The summed E-state index contributed by atoms with van der Waals surface area (Å²) in [5.41, 5.74) is 0. The van der Waals surface area contributed by atoms with E-state index in [0.717, 1.165) is 6.42 Å². The van der Waals surface area contributed by atoms with Crippen molar-refractivity contribution in [2.45, 2.75) is 32.8 Å². The van der Waals surface area contributed by atoms with Gasteiger partial charge in [-0.1, -0.05) is 24.3 Å². The number of allylic oxidation sites excluding steroid dienone is 1. The Labute approximate surface area is 111 Å². The molecular weight excluding hydrogens is 268 g/mol. The lowest BCUT2D eigenvalue weighted by Gasteiger charge is -2.34. The van der Waals surface area contributed by atoms with Gasteiger partial charge in [0, 0.05) is 7.11 Å². The first-order chi connectivity index (χ1) is 8.71. The third kappa shape index (κ3) is 1.44. The molecule has 0 fully saturated rings. The lowest BCUT2D eigenvalue weighted by Crippen LogP contribution is -2.48. The average molecular weight is 282 g/mol. The lowest BCUT2D eigenvalue weighted by molar-refractivity contribution is 0.122. The van der Waals surface area contributed by atoms with E-state index in [1.807, 2.05) is 36.4 Å². The SMILES string of the molecule is CO[C@@H]1C=CCCC12[S@@](=O)c1ccccc1[S@@]2=O. The minimum absolute atomic E-state index is 0.347.